The Morgan fingerprint density at radius 1 is 1.58 bits per heavy atom. The number of carbonyl (C=O) groups excluding carboxylic acids is 1. The van der Waals surface area contributed by atoms with Crippen molar-refractivity contribution in [1.82, 2.24) is 5.32 Å². The first-order chi connectivity index (χ1) is 5.76. The van der Waals surface area contributed by atoms with E-state index in [0.29, 0.717) is 5.57 Å². The monoisotopic (exact) mass is 165 g/mol. The van der Waals surface area contributed by atoms with E-state index >= 15 is 0 Å². The van der Waals surface area contributed by atoms with Crippen molar-refractivity contribution >= 4 is 5.91 Å². The Balaban J connectivity index is 4.22. The van der Waals surface area contributed by atoms with Crippen LogP contribution in [0.2, 0.25) is 0 Å². The molecule has 0 rings (SSSR count). The van der Waals surface area contributed by atoms with Gasteiger partial charge >= 0.3 is 0 Å². The molecule has 2 heteroatoms. The number of hydrogen-bond donors (Lipinski definition) is 1. The van der Waals surface area contributed by atoms with E-state index in [1.54, 1.807) is 13.1 Å². The molecule has 0 aliphatic rings. The standard InChI is InChI=1S/C10H15NO/c1-4-6-7-8-9(5-2)10(12)11-3/h4-6,8H,2,7H2,1,3H3,(H,11,12)/b6-4-,9-8+. The third-order valence-electron chi connectivity index (χ3n) is 1.42. The Hall–Kier alpha value is -1.31. The fraction of sp³-hybridized carbons (Fsp3) is 0.300. The van der Waals surface area contributed by atoms with Crippen molar-refractivity contribution in [1.29, 1.82) is 0 Å². The molecule has 0 aromatic carbocycles. The van der Waals surface area contributed by atoms with E-state index in [1.807, 2.05) is 25.2 Å². The second-order valence-electron chi connectivity index (χ2n) is 2.25. The number of allylic oxidation sites excluding steroid dienone is 3. The zero-order valence-electron chi connectivity index (χ0n) is 7.63. The predicted octanol–water partition coefficient (Wildman–Crippen LogP) is 1.81. The largest absolute Gasteiger partial charge is 0.355 e. The lowest BCUT2D eigenvalue weighted by Crippen LogP contribution is -2.18. The summed E-state index contributed by atoms with van der Waals surface area (Å²) in [5.41, 5.74) is 0.621. The second-order valence-corrected chi connectivity index (χ2v) is 2.25. The number of carbonyl (C=O) groups is 1. The van der Waals surface area contributed by atoms with Crippen LogP contribution in [0.5, 0.6) is 0 Å². The summed E-state index contributed by atoms with van der Waals surface area (Å²) in [7, 11) is 1.61. The van der Waals surface area contributed by atoms with E-state index in [4.69, 9.17) is 0 Å². The summed E-state index contributed by atoms with van der Waals surface area (Å²) in [6.07, 6.45) is 8.09. The lowest BCUT2D eigenvalue weighted by atomic mass is 10.2. The fourth-order valence-corrected chi connectivity index (χ4v) is 0.744. The third kappa shape index (κ3) is 3.76. The Morgan fingerprint density at radius 3 is 2.67 bits per heavy atom. The summed E-state index contributed by atoms with van der Waals surface area (Å²) >= 11 is 0. The normalized spacial score (nSPS) is 11.7. The van der Waals surface area contributed by atoms with Crippen LogP contribution in [-0.4, -0.2) is 13.0 Å². The van der Waals surface area contributed by atoms with Crippen LogP contribution in [-0.2, 0) is 4.79 Å². The van der Waals surface area contributed by atoms with Gasteiger partial charge in [0.15, 0.2) is 0 Å². The molecule has 0 aliphatic carbocycles. The first-order valence-corrected chi connectivity index (χ1v) is 3.92. The third-order valence-corrected chi connectivity index (χ3v) is 1.42. The van der Waals surface area contributed by atoms with Crippen molar-refractivity contribution < 1.29 is 4.79 Å². The number of nitrogens with one attached hydrogen (secondary N) is 1. The predicted molar refractivity (Wildman–Crippen MR) is 51.8 cm³/mol. The van der Waals surface area contributed by atoms with Crippen LogP contribution < -0.4 is 5.32 Å². The van der Waals surface area contributed by atoms with Crippen LogP contribution in [0.3, 0.4) is 0 Å². The molecule has 2 nitrogen and oxygen atoms in total. The molecule has 1 N–H and O–H groups in total. The molecular formula is C10H15NO. The molecule has 0 atom stereocenters. The molecule has 12 heavy (non-hydrogen) atoms. The minimum absolute atomic E-state index is 0.0884. The maximum atomic E-state index is 11.1. The van der Waals surface area contributed by atoms with Crippen molar-refractivity contribution in [3.8, 4) is 0 Å². The minimum Gasteiger partial charge on any atom is -0.355 e. The number of rotatable bonds is 4. The van der Waals surface area contributed by atoms with Crippen molar-refractivity contribution in [2.75, 3.05) is 7.05 Å². The van der Waals surface area contributed by atoms with Gasteiger partial charge in [0.2, 0.25) is 0 Å². The number of likely N-dealkylation sites (N-methyl/N-ethyl adjacent to an activating group) is 1. The molecule has 0 aromatic heterocycles. The van der Waals surface area contributed by atoms with E-state index in [9.17, 15) is 4.79 Å². The van der Waals surface area contributed by atoms with E-state index in [1.165, 1.54) is 0 Å². The fourth-order valence-electron chi connectivity index (χ4n) is 0.744. The quantitative estimate of drug-likeness (QED) is 0.384. The van der Waals surface area contributed by atoms with E-state index in [-0.39, 0.29) is 5.91 Å². The van der Waals surface area contributed by atoms with Gasteiger partial charge in [0.25, 0.3) is 5.91 Å². The lowest BCUT2D eigenvalue weighted by molar-refractivity contribution is -0.116. The number of amides is 1. The van der Waals surface area contributed by atoms with Crippen LogP contribution >= 0.6 is 0 Å². The molecule has 1 amide bonds. The summed E-state index contributed by atoms with van der Waals surface area (Å²) in [4.78, 5) is 11.1. The molecule has 0 bridgehead atoms. The molecular weight excluding hydrogens is 150 g/mol. The van der Waals surface area contributed by atoms with Gasteiger partial charge in [-0.2, -0.15) is 0 Å². The van der Waals surface area contributed by atoms with Crippen molar-refractivity contribution in [3.05, 3.63) is 36.5 Å². The van der Waals surface area contributed by atoms with E-state index in [2.05, 4.69) is 11.9 Å². The van der Waals surface area contributed by atoms with Gasteiger partial charge in [-0.1, -0.05) is 30.9 Å². The maximum Gasteiger partial charge on any atom is 0.250 e. The second kappa shape index (κ2) is 6.40. The zero-order chi connectivity index (χ0) is 9.40. The van der Waals surface area contributed by atoms with Gasteiger partial charge in [0.05, 0.1) is 0 Å². The van der Waals surface area contributed by atoms with Crippen LogP contribution in [0.4, 0.5) is 0 Å². The Labute approximate surface area is 73.7 Å². The smallest absolute Gasteiger partial charge is 0.250 e. The molecule has 0 radical (unpaired) electrons. The minimum atomic E-state index is -0.0884. The number of hydrogen-bond acceptors (Lipinski definition) is 1. The summed E-state index contributed by atoms with van der Waals surface area (Å²) in [5, 5.41) is 2.54. The lowest BCUT2D eigenvalue weighted by Gasteiger charge is -1.97. The van der Waals surface area contributed by atoms with Gasteiger partial charge in [-0.05, 0) is 13.3 Å². The average Bonchev–Trinajstić information content (AvgIpc) is 2.11. The summed E-state index contributed by atoms with van der Waals surface area (Å²) < 4.78 is 0. The average molecular weight is 165 g/mol. The first-order valence-electron chi connectivity index (χ1n) is 3.92. The van der Waals surface area contributed by atoms with Crippen LogP contribution in [0.25, 0.3) is 0 Å². The van der Waals surface area contributed by atoms with Gasteiger partial charge in [-0.3, -0.25) is 4.79 Å². The van der Waals surface area contributed by atoms with E-state index < -0.39 is 0 Å². The van der Waals surface area contributed by atoms with Crippen molar-refractivity contribution in [2.45, 2.75) is 13.3 Å². The summed E-state index contributed by atoms with van der Waals surface area (Å²) in [5.74, 6) is -0.0884. The van der Waals surface area contributed by atoms with Gasteiger partial charge < -0.3 is 5.32 Å². The highest BCUT2D eigenvalue weighted by Gasteiger charge is 1.99. The summed E-state index contributed by atoms with van der Waals surface area (Å²) in [6.45, 7) is 5.50. The van der Waals surface area contributed by atoms with Gasteiger partial charge in [-0.15, -0.1) is 0 Å². The van der Waals surface area contributed by atoms with Gasteiger partial charge in [0, 0.05) is 12.6 Å². The highest BCUT2D eigenvalue weighted by atomic mass is 16.1. The molecule has 0 unspecified atom stereocenters. The van der Waals surface area contributed by atoms with Gasteiger partial charge in [-0.25, -0.2) is 0 Å². The van der Waals surface area contributed by atoms with Crippen LogP contribution in [0.1, 0.15) is 13.3 Å². The molecule has 66 valence electrons. The Kier molecular flexibility index (Phi) is 5.70. The van der Waals surface area contributed by atoms with Crippen molar-refractivity contribution in [3.63, 3.8) is 0 Å². The molecule has 0 heterocycles. The molecule has 0 saturated carbocycles. The first kappa shape index (κ1) is 10.7. The Bertz CT molecular complexity index is 214. The zero-order valence-corrected chi connectivity index (χ0v) is 7.63. The molecule has 0 spiro atoms. The highest BCUT2D eigenvalue weighted by molar-refractivity contribution is 5.95. The summed E-state index contributed by atoms with van der Waals surface area (Å²) in [6, 6.07) is 0. The highest BCUT2D eigenvalue weighted by Crippen LogP contribution is 1.98. The van der Waals surface area contributed by atoms with E-state index in [0.717, 1.165) is 6.42 Å². The molecule has 0 aromatic rings. The van der Waals surface area contributed by atoms with Crippen molar-refractivity contribution in [2.24, 2.45) is 0 Å². The van der Waals surface area contributed by atoms with Crippen LogP contribution in [0.15, 0.2) is 36.5 Å². The molecule has 0 fully saturated rings. The molecule has 0 aliphatic heterocycles. The Morgan fingerprint density at radius 2 is 2.25 bits per heavy atom. The molecule has 0 saturated heterocycles. The van der Waals surface area contributed by atoms with Gasteiger partial charge in [0.1, 0.15) is 0 Å². The van der Waals surface area contributed by atoms with Crippen LogP contribution in [0, 0.1) is 0 Å². The topological polar surface area (TPSA) is 29.1 Å². The maximum absolute atomic E-state index is 11.1. The SMILES string of the molecule is C=C/C(=C\C/C=C\C)C(=O)NC.